The number of nitrogens with one attached hydrogen (secondary N) is 1. The van der Waals surface area contributed by atoms with Crippen LogP contribution in [0.25, 0.3) is 0 Å². The minimum atomic E-state index is 0.307. The van der Waals surface area contributed by atoms with E-state index in [1.54, 1.807) is 0 Å². The fourth-order valence-electron chi connectivity index (χ4n) is 3.06. The molecule has 1 heteroatoms. The van der Waals surface area contributed by atoms with Gasteiger partial charge >= 0.3 is 0 Å². The monoisotopic (exact) mass is 181 g/mol. The van der Waals surface area contributed by atoms with Crippen LogP contribution in [-0.4, -0.2) is 12.1 Å². The lowest BCUT2D eigenvalue weighted by molar-refractivity contribution is 0.286. The predicted octanol–water partition coefficient (Wildman–Crippen LogP) is 2.81. The molecule has 0 radical (unpaired) electrons. The lowest BCUT2D eigenvalue weighted by Crippen LogP contribution is -2.40. The van der Waals surface area contributed by atoms with Gasteiger partial charge < -0.3 is 5.32 Å². The first kappa shape index (κ1) is 9.51. The molecule has 0 saturated heterocycles. The molecule has 0 aromatic heterocycles. The number of hydrogen-bond acceptors (Lipinski definition) is 1. The third-order valence-corrected chi connectivity index (χ3v) is 3.78. The van der Waals surface area contributed by atoms with Crippen LogP contribution in [0, 0.1) is 17.8 Å². The Morgan fingerprint density at radius 3 is 2.38 bits per heavy atom. The van der Waals surface area contributed by atoms with E-state index in [4.69, 9.17) is 0 Å². The second-order valence-corrected chi connectivity index (χ2v) is 6.07. The molecular weight excluding hydrogens is 158 g/mol. The second kappa shape index (κ2) is 3.27. The van der Waals surface area contributed by atoms with E-state index in [9.17, 15) is 0 Å². The summed E-state index contributed by atoms with van der Waals surface area (Å²) in [6.07, 6.45) is 6.09. The van der Waals surface area contributed by atoms with Gasteiger partial charge in [-0.15, -0.1) is 0 Å². The summed E-state index contributed by atoms with van der Waals surface area (Å²) >= 11 is 0. The van der Waals surface area contributed by atoms with Gasteiger partial charge in [0.25, 0.3) is 0 Å². The second-order valence-electron chi connectivity index (χ2n) is 6.07. The van der Waals surface area contributed by atoms with Gasteiger partial charge in [0.05, 0.1) is 0 Å². The average Bonchev–Trinajstić information content (AvgIpc) is 2.58. The van der Waals surface area contributed by atoms with Crippen molar-refractivity contribution in [3.8, 4) is 0 Å². The average molecular weight is 181 g/mol. The van der Waals surface area contributed by atoms with Gasteiger partial charge in [-0.05, 0) is 64.3 Å². The largest absolute Gasteiger partial charge is 0.312 e. The van der Waals surface area contributed by atoms with Crippen LogP contribution in [0.4, 0.5) is 0 Å². The standard InChI is InChI=1S/C12H23N/c1-12(2,3)13-8-11-7-9-4-5-10(11)6-9/h9-11,13H,4-8H2,1-3H3. The van der Waals surface area contributed by atoms with E-state index < -0.39 is 0 Å². The van der Waals surface area contributed by atoms with Crippen LogP contribution in [0.1, 0.15) is 46.5 Å². The summed E-state index contributed by atoms with van der Waals surface area (Å²) in [4.78, 5) is 0. The first-order chi connectivity index (χ1) is 6.04. The highest BCUT2D eigenvalue weighted by atomic mass is 14.9. The van der Waals surface area contributed by atoms with Crippen molar-refractivity contribution in [1.29, 1.82) is 0 Å². The molecular formula is C12H23N. The molecule has 2 rings (SSSR count). The van der Waals surface area contributed by atoms with Crippen molar-refractivity contribution < 1.29 is 0 Å². The Morgan fingerprint density at radius 2 is 1.92 bits per heavy atom. The van der Waals surface area contributed by atoms with Gasteiger partial charge in [0.15, 0.2) is 0 Å². The maximum absolute atomic E-state index is 3.65. The molecule has 2 fully saturated rings. The van der Waals surface area contributed by atoms with E-state index in [0.717, 1.165) is 17.8 Å². The molecule has 0 heterocycles. The molecule has 13 heavy (non-hydrogen) atoms. The third-order valence-electron chi connectivity index (χ3n) is 3.78. The van der Waals surface area contributed by atoms with Crippen LogP contribution in [0.5, 0.6) is 0 Å². The highest BCUT2D eigenvalue weighted by molar-refractivity contribution is 4.91. The van der Waals surface area contributed by atoms with Crippen LogP contribution >= 0.6 is 0 Å². The molecule has 0 spiro atoms. The van der Waals surface area contributed by atoms with Gasteiger partial charge in [0, 0.05) is 5.54 Å². The summed E-state index contributed by atoms with van der Waals surface area (Å²) in [5.74, 6) is 3.16. The molecule has 2 bridgehead atoms. The summed E-state index contributed by atoms with van der Waals surface area (Å²) < 4.78 is 0. The molecule has 0 aromatic rings. The SMILES string of the molecule is CC(C)(C)NCC1CC2CCC1C2. The Hall–Kier alpha value is -0.0400. The number of fused-ring (bicyclic) bond motifs is 2. The lowest BCUT2D eigenvalue weighted by Gasteiger charge is -2.27. The van der Waals surface area contributed by atoms with E-state index >= 15 is 0 Å². The van der Waals surface area contributed by atoms with Crippen LogP contribution in [0.3, 0.4) is 0 Å². The number of rotatable bonds is 2. The van der Waals surface area contributed by atoms with Crippen molar-refractivity contribution in [3.63, 3.8) is 0 Å². The smallest absolute Gasteiger partial charge is 0.00966 e. The Kier molecular flexibility index (Phi) is 2.39. The lowest BCUT2D eigenvalue weighted by atomic mass is 9.88. The predicted molar refractivity (Wildman–Crippen MR) is 56.7 cm³/mol. The van der Waals surface area contributed by atoms with Gasteiger partial charge in [-0.3, -0.25) is 0 Å². The molecule has 3 unspecified atom stereocenters. The van der Waals surface area contributed by atoms with E-state index in [-0.39, 0.29) is 0 Å². The van der Waals surface area contributed by atoms with Crippen molar-refractivity contribution in [2.45, 2.75) is 52.0 Å². The normalized spacial score (nSPS) is 38.5. The topological polar surface area (TPSA) is 12.0 Å². The summed E-state index contributed by atoms with van der Waals surface area (Å²) in [6.45, 7) is 8.05. The highest BCUT2D eigenvalue weighted by Gasteiger charge is 2.39. The van der Waals surface area contributed by atoms with Gasteiger partial charge in [-0.2, -0.15) is 0 Å². The van der Waals surface area contributed by atoms with E-state index in [0.29, 0.717) is 5.54 Å². The first-order valence-electron chi connectivity index (χ1n) is 5.79. The molecule has 0 aliphatic heterocycles. The Bertz CT molecular complexity index is 180. The first-order valence-corrected chi connectivity index (χ1v) is 5.79. The van der Waals surface area contributed by atoms with E-state index in [1.807, 2.05) is 0 Å². The molecule has 3 atom stereocenters. The maximum atomic E-state index is 3.65. The van der Waals surface area contributed by atoms with Crippen LogP contribution < -0.4 is 5.32 Å². The quantitative estimate of drug-likeness (QED) is 0.690. The molecule has 1 nitrogen and oxygen atoms in total. The Balaban J connectivity index is 1.78. The summed E-state index contributed by atoms with van der Waals surface area (Å²) in [5, 5.41) is 3.65. The van der Waals surface area contributed by atoms with Gasteiger partial charge in [-0.25, -0.2) is 0 Å². The zero-order valence-electron chi connectivity index (χ0n) is 9.27. The van der Waals surface area contributed by atoms with Crippen LogP contribution in [-0.2, 0) is 0 Å². The number of hydrogen-bond donors (Lipinski definition) is 1. The van der Waals surface area contributed by atoms with Gasteiger partial charge in [-0.1, -0.05) is 6.42 Å². The minimum absolute atomic E-state index is 0.307. The minimum Gasteiger partial charge on any atom is -0.312 e. The van der Waals surface area contributed by atoms with Crippen LogP contribution in [0.15, 0.2) is 0 Å². The Labute approximate surface area is 82.3 Å². The third kappa shape index (κ3) is 2.25. The van der Waals surface area contributed by atoms with Crippen molar-refractivity contribution in [3.05, 3.63) is 0 Å². The van der Waals surface area contributed by atoms with Crippen molar-refractivity contribution >= 4 is 0 Å². The molecule has 2 aliphatic carbocycles. The molecule has 2 saturated carbocycles. The maximum Gasteiger partial charge on any atom is 0.00966 e. The molecule has 76 valence electrons. The zero-order chi connectivity index (χ0) is 9.47. The highest BCUT2D eigenvalue weighted by Crippen LogP contribution is 2.48. The van der Waals surface area contributed by atoms with Crippen molar-refractivity contribution in [2.24, 2.45) is 17.8 Å². The molecule has 0 aromatic carbocycles. The summed E-state index contributed by atoms with van der Waals surface area (Å²) in [5.41, 5.74) is 0.307. The van der Waals surface area contributed by atoms with Crippen molar-refractivity contribution in [1.82, 2.24) is 5.32 Å². The molecule has 2 aliphatic rings. The zero-order valence-corrected chi connectivity index (χ0v) is 9.27. The summed E-state index contributed by atoms with van der Waals surface area (Å²) in [6, 6.07) is 0. The molecule has 1 N–H and O–H groups in total. The van der Waals surface area contributed by atoms with Crippen molar-refractivity contribution in [2.75, 3.05) is 6.54 Å². The van der Waals surface area contributed by atoms with E-state index in [1.165, 1.54) is 32.2 Å². The summed E-state index contributed by atoms with van der Waals surface area (Å²) in [7, 11) is 0. The van der Waals surface area contributed by atoms with Gasteiger partial charge in [0.2, 0.25) is 0 Å². The van der Waals surface area contributed by atoms with Gasteiger partial charge in [0.1, 0.15) is 0 Å². The Morgan fingerprint density at radius 1 is 1.15 bits per heavy atom. The fourth-order valence-corrected chi connectivity index (χ4v) is 3.06. The molecule has 0 amide bonds. The fraction of sp³-hybridized carbons (Fsp3) is 1.00. The van der Waals surface area contributed by atoms with Crippen LogP contribution in [0.2, 0.25) is 0 Å². The van der Waals surface area contributed by atoms with E-state index in [2.05, 4.69) is 26.1 Å².